The van der Waals surface area contributed by atoms with Gasteiger partial charge in [-0.2, -0.15) is 0 Å². The molecule has 0 saturated heterocycles. The van der Waals surface area contributed by atoms with Crippen LogP contribution >= 0.6 is 0 Å². The fourth-order valence-electron chi connectivity index (χ4n) is 1.72. The molecule has 1 rings (SSSR count). The molecule has 0 bridgehead atoms. The molecule has 0 unspecified atom stereocenters. The first kappa shape index (κ1) is 15.2. The van der Waals surface area contributed by atoms with Crippen LogP contribution in [0.1, 0.15) is 34.8 Å². The highest BCUT2D eigenvalue weighted by molar-refractivity contribution is 6.04. The average Bonchev–Trinajstić information content (AvgIpc) is 2.92. The molecule has 1 aromatic heterocycles. The number of aromatic nitrogens is 2. The number of aromatic amines is 1. The summed E-state index contributed by atoms with van der Waals surface area (Å²) in [5, 5.41) is 5.22. The lowest BCUT2D eigenvalue weighted by atomic mass is 10.3. The largest absolute Gasteiger partial charge is 0.354 e. The number of likely N-dealkylation sites (N-methyl/N-ethyl adjacent to an activating group) is 1. The van der Waals surface area contributed by atoms with Crippen molar-refractivity contribution in [3.63, 3.8) is 0 Å². The fourth-order valence-corrected chi connectivity index (χ4v) is 1.72. The normalized spacial score (nSPS) is 10.5. The first-order valence-corrected chi connectivity index (χ1v) is 6.40. The monoisotopic (exact) mass is 267 g/mol. The lowest BCUT2D eigenvalue weighted by Crippen LogP contribution is -2.35. The third kappa shape index (κ3) is 4.06. The predicted molar refractivity (Wildman–Crippen MR) is 72.1 cm³/mol. The van der Waals surface area contributed by atoms with Crippen molar-refractivity contribution < 1.29 is 9.59 Å². The van der Waals surface area contributed by atoms with Crippen LogP contribution in [0, 0.1) is 0 Å². The molecule has 3 N–H and O–H groups in total. The van der Waals surface area contributed by atoms with Crippen LogP contribution in [0.3, 0.4) is 0 Å². The number of carbonyl (C=O) groups excluding carboxylic acids is 2. The average molecular weight is 267 g/mol. The zero-order valence-electron chi connectivity index (χ0n) is 11.6. The second-order valence-electron chi connectivity index (χ2n) is 3.99. The number of H-pyrrole nitrogens is 1. The first-order chi connectivity index (χ1) is 9.13. The minimum Gasteiger partial charge on any atom is -0.354 e. The Kier molecular flexibility index (Phi) is 6.01. The van der Waals surface area contributed by atoms with Crippen molar-refractivity contribution in [2.24, 2.45) is 0 Å². The summed E-state index contributed by atoms with van der Waals surface area (Å²) in [4.78, 5) is 32.2. The third-order valence-electron chi connectivity index (χ3n) is 2.92. The summed E-state index contributed by atoms with van der Waals surface area (Å²) in [5.74, 6) is -0.696. The van der Waals surface area contributed by atoms with Gasteiger partial charge in [-0.1, -0.05) is 13.8 Å². The first-order valence-electron chi connectivity index (χ1n) is 6.40. The van der Waals surface area contributed by atoms with Gasteiger partial charge in [-0.25, -0.2) is 4.98 Å². The van der Waals surface area contributed by atoms with E-state index in [1.54, 1.807) is 0 Å². The van der Waals surface area contributed by atoms with E-state index in [1.165, 1.54) is 13.4 Å². The van der Waals surface area contributed by atoms with Gasteiger partial charge in [-0.3, -0.25) is 9.59 Å². The van der Waals surface area contributed by atoms with Gasteiger partial charge in [-0.05, 0) is 13.1 Å². The van der Waals surface area contributed by atoms with E-state index in [4.69, 9.17) is 0 Å². The van der Waals surface area contributed by atoms with Crippen LogP contribution in [0.5, 0.6) is 0 Å². The van der Waals surface area contributed by atoms with Crippen LogP contribution in [0.2, 0.25) is 0 Å². The molecule has 0 saturated carbocycles. The Hall–Kier alpha value is -1.89. The zero-order chi connectivity index (χ0) is 14.3. The molecule has 1 heterocycles. The SMILES string of the molecule is CCN(CC)CCNC(=O)c1nc[nH]c1C(=O)NC. The van der Waals surface area contributed by atoms with E-state index in [1.807, 2.05) is 0 Å². The van der Waals surface area contributed by atoms with E-state index in [2.05, 4.69) is 39.3 Å². The van der Waals surface area contributed by atoms with Crippen molar-refractivity contribution >= 4 is 11.8 Å². The van der Waals surface area contributed by atoms with Gasteiger partial charge in [0, 0.05) is 20.1 Å². The molecule has 7 heteroatoms. The standard InChI is InChI=1S/C12H21N5O2/c1-4-17(5-2)7-6-14-12(19)10-9(11(18)13-3)15-8-16-10/h8H,4-7H2,1-3H3,(H,13,18)(H,14,19)(H,15,16). The summed E-state index contributed by atoms with van der Waals surface area (Å²) in [6.45, 7) is 7.33. The maximum Gasteiger partial charge on any atom is 0.272 e. The van der Waals surface area contributed by atoms with Gasteiger partial charge in [0.25, 0.3) is 11.8 Å². The molecule has 19 heavy (non-hydrogen) atoms. The van der Waals surface area contributed by atoms with Gasteiger partial charge in [0.15, 0.2) is 5.69 Å². The molecule has 0 aromatic carbocycles. The summed E-state index contributed by atoms with van der Waals surface area (Å²) in [6, 6.07) is 0. The van der Waals surface area contributed by atoms with Crippen molar-refractivity contribution in [1.29, 1.82) is 0 Å². The Balaban J connectivity index is 2.55. The number of nitrogens with zero attached hydrogens (tertiary/aromatic N) is 2. The number of hydrogen-bond acceptors (Lipinski definition) is 4. The van der Waals surface area contributed by atoms with E-state index in [9.17, 15) is 9.59 Å². The Labute approximate surface area is 112 Å². The number of imidazole rings is 1. The molecule has 0 spiro atoms. The highest BCUT2D eigenvalue weighted by Crippen LogP contribution is 2.02. The summed E-state index contributed by atoms with van der Waals surface area (Å²) < 4.78 is 0. The molecular formula is C12H21N5O2. The number of hydrogen-bond donors (Lipinski definition) is 3. The molecule has 0 aliphatic heterocycles. The number of nitrogens with one attached hydrogen (secondary N) is 3. The number of carbonyl (C=O) groups is 2. The highest BCUT2D eigenvalue weighted by Gasteiger charge is 2.18. The smallest absolute Gasteiger partial charge is 0.272 e. The van der Waals surface area contributed by atoms with Gasteiger partial charge in [0.1, 0.15) is 5.69 Å². The van der Waals surface area contributed by atoms with Crippen molar-refractivity contribution in [3.8, 4) is 0 Å². The molecule has 2 amide bonds. The Morgan fingerprint density at radius 1 is 1.32 bits per heavy atom. The van der Waals surface area contributed by atoms with Crippen molar-refractivity contribution in [1.82, 2.24) is 25.5 Å². The van der Waals surface area contributed by atoms with E-state index >= 15 is 0 Å². The van der Waals surface area contributed by atoms with Crippen LogP contribution in [0.4, 0.5) is 0 Å². The van der Waals surface area contributed by atoms with Gasteiger partial charge in [0.05, 0.1) is 6.33 Å². The van der Waals surface area contributed by atoms with Gasteiger partial charge in [0.2, 0.25) is 0 Å². The second-order valence-corrected chi connectivity index (χ2v) is 3.99. The number of amides is 2. The van der Waals surface area contributed by atoms with Gasteiger partial charge < -0.3 is 20.5 Å². The molecule has 0 aliphatic carbocycles. The maximum absolute atomic E-state index is 11.9. The zero-order valence-corrected chi connectivity index (χ0v) is 11.6. The van der Waals surface area contributed by atoms with Crippen LogP contribution in [0.15, 0.2) is 6.33 Å². The minimum absolute atomic E-state index is 0.124. The summed E-state index contributed by atoms with van der Waals surface area (Å²) in [6.07, 6.45) is 1.34. The molecule has 7 nitrogen and oxygen atoms in total. The molecule has 0 radical (unpaired) electrons. The lowest BCUT2D eigenvalue weighted by molar-refractivity contribution is 0.0916. The van der Waals surface area contributed by atoms with Crippen molar-refractivity contribution in [2.45, 2.75) is 13.8 Å². The minimum atomic E-state index is -0.355. The summed E-state index contributed by atoms with van der Waals surface area (Å²) in [7, 11) is 1.51. The molecule has 0 atom stereocenters. The third-order valence-corrected chi connectivity index (χ3v) is 2.92. The molecule has 1 aromatic rings. The molecular weight excluding hydrogens is 246 g/mol. The van der Waals surface area contributed by atoms with E-state index in [0.717, 1.165) is 19.6 Å². The maximum atomic E-state index is 11.9. The molecule has 106 valence electrons. The quantitative estimate of drug-likeness (QED) is 0.640. The Morgan fingerprint density at radius 3 is 2.58 bits per heavy atom. The molecule has 0 aliphatic rings. The van der Waals surface area contributed by atoms with Crippen LogP contribution in [-0.2, 0) is 0 Å². The summed E-state index contributed by atoms with van der Waals surface area (Å²) >= 11 is 0. The highest BCUT2D eigenvalue weighted by atomic mass is 16.2. The van der Waals surface area contributed by atoms with E-state index in [-0.39, 0.29) is 23.2 Å². The molecule has 0 fully saturated rings. The van der Waals surface area contributed by atoms with Crippen LogP contribution in [0.25, 0.3) is 0 Å². The van der Waals surface area contributed by atoms with E-state index < -0.39 is 0 Å². The lowest BCUT2D eigenvalue weighted by Gasteiger charge is -2.17. The van der Waals surface area contributed by atoms with Crippen LogP contribution in [-0.4, -0.2) is 59.9 Å². The van der Waals surface area contributed by atoms with E-state index in [0.29, 0.717) is 6.54 Å². The second kappa shape index (κ2) is 7.52. The van der Waals surface area contributed by atoms with Gasteiger partial charge in [-0.15, -0.1) is 0 Å². The predicted octanol–water partition coefficient (Wildman–Crippen LogP) is -0.159. The number of rotatable bonds is 7. The fraction of sp³-hybridized carbons (Fsp3) is 0.583. The van der Waals surface area contributed by atoms with Crippen molar-refractivity contribution in [3.05, 3.63) is 17.7 Å². The summed E-state index contributed by atoms with van der Waals surface area (Å²) in [5.41, 5.74) is 0.307. The Bertz CT molecular complexity index is 426. The van der Waals surface area contributed by atoms with Gasteiger partial charge >= 0.3 is 0 Å². The van der Waals surface area contributed by atoms with Crippen LogP contribution < -0.4 is 10.6 Å². The van der Waals surface area contributed by atoms with Crippen molar-refractivity contribution in [2.75, 3.05) is 33.2 Å². The Morgan fingerprint density at radius 2 is 2.00 bits per heavy atom. The topological polar surface area (TPSA) is 90.1 Å².